The van der Waals surface area contributed by atoms with Gasteiger partial charge in [-0.2, -0.15) is 0 Å². The third-order valence-corrected chi connectivity index (χ3v) is 3.68. The molecule has 1 aliphatic carbocycles. The minimum Gasteiger partial charge on any atom is -0.465 e. The molecule has 0 aromatic heterocycles. The average molecular weight is 168 g/mol. The lowest BCUT2D eigenvalue weighted by Crippen LogP contribution is -2.11. The summed E-state index contributed by atoms with van der Waals surface area (Å²) in [6.07, 6.45) is 4.68. The fourth-order valence-electron chi connectivity index (χ4n) is 2.45. The molecule has 2 rings (SSSR count). The first-order chi connectivity index (χ1) is 5.65. The monoisotopic (exact) mass is 168 g/mol. The molecule has 2 fully saturated rings. The highest BCUT2D eigenvalue weighted by Gasteiger charge is 2.73. The molecule has 2 aliphatic rings. The number of carbonyl (C=O) groups is 1. The third kappa shape index (κ3) is 0.782. The Hall–Kier alpha value is -0.530. The first-order valence-electron chi connectivity index (χ1n) is 4.82. The molecule has 2 heteroatoms. The fourth-order valence-corrected chi connectivity index (χ4v) is 2.45. The van der Waals surface area contributed by atoms with Crippen molar-refractivity contribution in [2.45, 2.75) is 39.5 Å². The first-order valence-corrected chi connectivity index (χ1v) is 4.82. The molecule has 1 saturated carbocycles. The number of fused-ring (bicyclic) bond motifs is 1. The number of cyclic esters (lactones) is 1. The normalized spacial score (nSPS) is 44.0. The summed E-state index contributed by atoms with van der Waals surface area (Å²) in [6.45, 7) is 4.92. The van der Waals surface area contributed by atoms with E-state index < -0.39 is 0 Å². The van der Waals surface area contributed by atoms with E-state index in [9.17, 15) is 4.79 Å². The summed E-state index contributed by atoms with van der Waals surface area (Å²) in [5, 5.41) is 0. The summed E-state index contributed by atoms with van der Waals surface area (Å²) in [5.74, 6) is 0.0404. The molecule has 0 aromatic carbocycles. The van der Waals surface area contributed by atoms with Crippen LogP contribution in [0.2, 0.25) is 0 Å². The molecular formula is C10H16O2. The zero-order valence-corrected chi connectivity index (χ0v) is 7.85. The van der Waals surface area contributed by atoms with Gasteiger partial charge in [0.15, 0.2) is 0 Å². The maximum absolute atomic E-state index is 11.3. The molecular weight excluding hydrogens is 152 g/mol. The molecule has 68 valence electrons. The molecule has 0 spiro atoms. The minimum atomic E-state index is -0.0951. The summed E-state index contributed by atoms with van der Waals surface area (Å²) in [4.78, 5) is 11.3. The predicted octanol–water partition coefficient (Wildman–Crippen LogP) is 2.13. The van der Waals surface area contributed by atoms with Gasteiger partial charge in [0, 0.05) is 5.41 Å². The van der Waals surface area contributed by atoms with Crippen LogP contribution in [0.4, 0.5) is 0 Å². The van der Waals surface area contributed by atoms with E-state index >= 15 is 0 Å². The average Bonchev–Trinajstić information content (AvgIpc) is 2.59. The van der Waals surface area contributed by atoms with E-state index in [1.807, 2.05) is 0 Å². The van der Waals surface area contributed by atoms with Gasteiger partial charge in [0.25, 0.3) is 0 Å². The van der Waals surface area contributed by atoms with Crippen molar-refractivity contribution in [3.05, 3.63) is 0 Å². The molecule has 0 aromatic rings. The second-order valence-corrected chi connectivity index (χ2v) is 4.47. The lowest BCUT2D eigenvalue weighted by molar-refractivity contribution is -0.144. The van der Waals surface area contributed by atoms with Crippen molar-refractivity contribution in [2.24, 2.45) is 10.8 Å². The van der Waals surface area contributed by atoms with Crippen LogP contribution < -0.4 is 0 Å². The molecule has 0 N–H and O–H groups in total. The Bertz CT molecular complexity index is 220. The zero-order valence-electron chi connectivity index (χ0n) is 7.85. The van der Waals surface area contributed by atoms with Gasteiger partial charge < -0.3 is 4.74 Å². The lowest BCUT2D eigenvalue weighted by atomic mass is 9.92. The van der Waals surface area contributed by atoms with Crippen LogP contribution in [0, 0.1) is 10.8 Å². The molecule has 0 radical (unpaired) electrons. The van der Waals surface area contributed by atoms with Crippen LogP contribution in [-0.2, 0) is 9.53 Å². The van der Waals surface area contributed by atoms with Crippen molar-refractivity contribution < 1.29 is 9.53 Å². The number of ether oxygens (including phenoxy) is 1. The fraction of sp³-hybridized carbons (Fsp3) is 0.900. The van der Waals surface area contributed by atoms with Crippen LogP contribution in [0.5, 0.6) is 0 Å². The van der Waals surface area contributed by atoms with Crippen molar-refractivity contribution >= 4 is 5.97 Å². The highest BCUT2D eigenvalue weighted by Crippen LogP contribution is 2.70. The van der Waals surface area contributed by atoms with Crippen LogP contribution in [0.25, 0.3) is 0 Å². The second kappa shape index (κ2) is 2.24. The molecule has 0 amide bonds. The van der Waals surface area contributed by atoms with Crippen LogP contribution >= 0.6 is 0 Å². The zero-order chi connectivity index (χ0) is 8.82. The van der Waals surface area contributed by atoms with Gasteiger partial charge in [0.05, 0.1) is 12.0 Å². The van der Waals surface area contributed by atoms with E-state index in [1.165, 1.54) is 19.3 Å². The Morgan fingerprint density at radius 1 is 1.58 bits per heavy atom. The molecule has 2 unspecified atom stereocenters. The predicted molar refractivity (Wildman–Crippen MR) is 45.6 cm³/mol. The van der Waals surface area contributed by atoms with E-state index in [0.29, 0.717) is 6.61 Å². The molecule has 1 heterocycles. The van der Waals surface area contributed by atoms with Crippen molar-refractivity contribution in [1.29, 1.82) is 0 Å². The minimum absolute atomic E-state index is 0.0404. The van der Waals surface area contributed by atoms with Crippen molar-refractivity contribution in [3.63, 3.8) is 0 Å². The summed E-state index contributed by atoms with van der Waals surface area (Å²) in [7, 11) is 0. The number of carbonyl (C=O) groups excluding carboxylic acids is 1. The molecule has 0 bridgehead atoms. The van der Waals surface area contributed by atoms with Gasteiger partial charge in [-0.05, 0) is 19.8 Å². The Balaban J connectivity index is 2.03. The number of hydrogen-bond acceptors (Lipinski definition) is 2. The second-order valence-electron chi connectivity index (χ2n) is 4.47. The van der Waals surface area contributed by atoms with Crippen molar-refractivity contribution in [2.75, 3.05) is 6.61 Å². The highest BCUT2D eigenvalue weighted by atomic mass is 16.5. The standard InChI is InChI=1S/C10H16O2/c1-3-4-5-10-6-9(10,2)8(11)12-7-10/h3-7H2,1-2H3. The molecule has 1 saturated heterocycles. The van der Waals surface area contributed by atoms with Crippen LogP contribution in [0.1, 0.15) is 39.5 Å². The maximum Gasteiger partial charge on any atom is 0.312 e. The summed E-state index contributed by atoms with van der Waals surface area (Å²) >= 11 is 0. The van der Waals surface area contributed by atoms with Gasteiger partial charge in [0.1, 0.15) is 0 Å². The summed E-state index contributed by atoms with van der Waals surface area (Å²) in [5.41, 5.74) is 0.155. The van der Waals surface area contributed by atoms with Gasteiger partial charge in [-0.1, -0.05) is 19.8 Å². The SMILES string of the molecule is CCCCC12COC(=O)C1(C)C2. The first kappa shape index (κ1) is 8.09. The van der Waals surface area contributed by atoms with E-state index in [1.54, 1.807) is 0 Å². The van der Waals surface area contributed by atoms with E-state index in [4.69, 9.17) is 4.74 Å². The van der Waals surface area contributed by atoms with Gasteiger partial charge in [-0.25, -0.2) is 0 Å². The van der Waals surface area contributed by atoms with Gasteiger partial charge in [0.2, 0.25) is 0 Å². The molecule has 2 nitrogen and oxygen atoms in total. The molecule has 2 atom stereocenters. The van der Waals surface area contributed by atoms with Gasteiger partial charge in [-0.15, -0.1) is 0 Å². The van der Waals surface area contributed by atoms with Crippen molar-refractivity contribution in [3.8, 4) is 0 Å². The summed E-state index contributed by atoms with van der Waals surface area (Å²) < 4.78 is 5.08. The Labute approximate surface area is 73.3 Å². The Morgan fingerprint density at radius 2 is 2.33 bits per heavy atom. The molecule has 12 heavy (non-hydrogen) atoms. The van der Waals surface area contributed by atoms with E-state index in [-0.39, 0.29) is 16.8 Å². The van der Waals surface area contributed by atoms with Crippen LogP contribution in [0.3, 0.4) is 0 Å². The van der Waals surface area contributed by atoms with E-state index in [2.05, 4.69) is 13.8 Å². The van der Waals surface area contributed by atoms with Gasteiger partial charge in [-0.3, -0.25) is 4.79 Å². The van der Waals surface area contributed by atoms with Crippen molar-refractivity contribution in [1.82, 2.24) is 0 Å². The Morgan fingerprint density at radius 3 is 2.75 bits per heavy atom. The number of rotatable bonds is 3. The number of hydrogen-bond donors (Lipinski definition) is 0. The number of unbranched alkanes of at least 4 members (excludes halogenated alkanes) is 1. The van der Waals surface area contributed by atoms with Crippen LogP contribution in [0.15, 0.2) is 0 Å². The molecule has 1 aliphatic heterocycles. The van der Waals surface area contributed by atoms with E-state index in [0.717, 1.165) is 6.42 Å². The maximum atomic E-state index is 11.3. The summed E-state index contributed by atoms with van der Waals surface area (Å²) in [6, 6.07) is 0. The topological polar surface area (TPSA) is 26.3 Å². The number of esters is 1. The quantitative estimate of drug-likeness (QED) is 0.603. The Kier molecular flexibility index (Phi) is 1.51. The third-order valence-electron chi connectivity index (χ3n) is 3.68. The highest BCUT2D eigenvalue weighted by molar-refractivity contribution is 5.84. The largest absolute Gasteiger partial charge is 0.465 e. The smallest absolute Gasteiger partial charge is 0.312 e. The van der Waals surface area contributed by atoms with Crippen LogP contribution in [-0.4, -0.2) is 12.6 Å². The lowest BCUT2D eigenvalue weighted by Gasteiger charge is -2.09. The van der Waals surface area contributed by atoms with Gasteiger partial charge >= 0.3 is 5.97 Å².